The number of halogens is 1. The van der Waals surface area contributed by atoms with Crippen LogP contribution in [0, 0.1) is 0 Å². The van der Waals surface area contributed by atoms with E-state index < -0.39 is 12.0 Å². The first kappa shape index (κ1) is 15.3. The number of rotatable bonds is 5. The molecule has 0 fully saturated rings. The van der Waals surface area contributed by atoms with Crippen molar-refractivity contribution in [1.82, 2.24) is 5.32 Å². The number of amides is 1. The van der Waals surface area contributed by atoms with Gasteiger partial charge in [-0.1, -0.05) is 28.1 Å². The van der Waals surface area contributed by atoms with Crippen molar-refractivity contribution < 1.29 is 18.7 Å². The fourth-order valence-electron chi connectivity index (χ4n) is 1.86. The molecule has 0 aliphatic rings. The fraction of sp³-hybridized carbons (Fsp3) is 0.200. The van der Waals surface area contributed by atoms with E-state index in [-0.39, 0.29) is 18.1 Å². The molecule has 1 aromatic heterocycles. The molecule has 0 aliphatic heterocycles. The highest BCUT2D eigenvalue weighted by atomic mass is 79.9. The molecule has 0 saturated carbocycles. The minimum absolute atomic E-state index is 0.0411. The van der Waals surface area contributed by atoms with Gasteiger partial charge in [-0.25, -0.2) is 0 Å². The third-order valence-corrected chi connectivity index (χ3v) is 3.39. The molecular weight excluding hydrogens is 338 g/mol. The number of furan rings is 1. The molecule has 21 heavy (non-hydrogen) atoms. The standard InChI is InChI=1S/C15H14BrNO4/c1-20-14(18)9-12(10-4-2-5-11(16)8-10)17-15(19)13-6-3-7-21-13/h2-8,12H,9H2,1H3,(H,17,19). The number of benzene rings is 1. The predicted octanol–water partition coefficient (Wildman–Crippen LogP) is 3.08. The van der Waals surface area contributed by atoms with Crippen LogP contribution < -0.4 is 5.32 Å². The second-order valence-corrected chi connectivity index (χ2v) is 5.25. The molecule has 0 spiro atoms. The molecule has 110 valence electrons. The number of esters is 1. The minimum Gasteiger partial charge on any atom is -0.469 e. The van der Waals surface area contributed by atoms with Crippen molar-refractivity contribution >= 4 is 27.8 Å². The lowest BCUT2D eigenvalue weighted by Gasteiger charge is -2.17. The quantitative estimate of drug-likeness (QED) is 0.840. The molecule has 1 N–H and O–H groups in total. The van der Waals surface area contributed by atoms with Gasteiger partial charge in [0.2, 0.25) is 0 Å². The van der Waals surface area contributed by atoms with Crippen LogP contribution in [0.3, 0.4) is 0 Å². The van der Waals surface area contributed by atoms with Crippen LogP contribution in [0.5, 0.6) is 0 Å². The van der Waals surface area contributed by atoms with E-state index in [0.717, 1.165) is 10.0 Å². The van der Waals surface area contributed by atoms with Crippen LogP contribution in [-0.2, 0) is 9.53 Å². The summed E-state index contributed by atoms with van der Waals surface area (Å²) in [6, 6.07) is 10.1. The molecule has 2 rings (SSSR count). The van der Waals surface area contributed by atoms with Gasteiger partial charge < -0.3 is 14.5 Å². The molecule has 1 heterocycles. The smallest absolute Gasteiger partial charge is 0.307 e. The number of hydrogen-bond donors (Lipinski definition) is 1. The van der Waals surface area contributed by atoms with Crippen LogP contribution in [-0.4, -0.2) is 19.0 Å². The highest BCUT2D eigenvalue weighted by molar-refractivity contribution is 9.10. The minimum atomic E-state index is -0.493. The summed E-state index contributed by atoms with van der Waals surface area (Å²) in [6.45, 7) is 0. The van der Waals surface area contributed by atoms with Crippen molar-refractivity contribution in [2.45, 2.75) is 12.5 Å². The maximum atomic E-state index is 12.1. The van der Waals surface area contributed by atoms with Gasteiger partial charge in [0.1, 0.15) is 0 Å². The second-order valence-electron chi connectivity index (χ2n) is 4.34. The lowest BCUT2D eigenvalue weighted by molar-refractivity contribution is -0.141. The molecule has 6 heteroatoms. The topological polar surface area (TPSA) is 68.5 Å². The molecule has 5 nitrogen and oxygen atoms in total. The lowest BCUT2D eigenvalue weighted by atomic mass is 10.0. The molecular formula is C15H14BrNO4. The summed E-state index contributed by atoms with van der Waals surface area (Å²) >= 11 is 3.37. The Kier molecular flexibility index (Phi) is 5.16. The van der Waals surface area contributed by atoms with Crippen molar-refractivity contribution in [3.05, 3.63) is 58.5 Å². The number of methoxy groups -OCH3 is 1. The highest BCUT2D eigenvalue weighted by Gasteiger charge is 2.21. The molecule has 2 aromatic rings. The maximum absolute atomic E-state index is 12.1. The van der Waals surface area contributed by atoms with Gasteiger partial charge in [0.15, 0.2) is 5.76 Å². The summed E-state index contributed by atoms with van der Waals surface area (Å²) in [5, 5.41) is 2.77. The van der Waals surface area contributed by atoms with E-state index in [9.17, 15) is 9.59 Å². The SMILES string of the molecule is COC(=O)CC(NC(=O)c1ccco1)c1cccc(Br)c1. The van der Waals surface area contributed by atoms with Crippen molar-refractivity contribution in [3.8, 4) is 0 Å². The van der Waals surface area contributed by atoms with Crippen LogP contribution in [0.25, 0.3) is 0 Å². The Morgan fingerprint density at radius 1 is 1.33 bits per heavy atom. The van der Waals surface area contributed by atoms with Gasteiger partial charge in [0.05, 0.1) is 25.8 Å². The van der Waals surface area contributed by atoms with E-state index in [0.29, 0.717) is 0 Å². The Morgan fingerprint density at radius 3 is 2.76 bits per heavy atom. The average Bonchev–Trinajstić information content (AvgIpc) is 3.00. The lowest BCUT2D eigenvalue weighted by Crippen LogP contribution is -2.30. The van der Waals surface area contributed by atoms with Gasteiger partial charge in [-0.15, -0.1) is 0 Å². The van der Waals surface area contributed by atoms with Gasteiger partial charge in [-0.05, 0) is 29.8 Å². The maximum Gasteiger partial charge on any atom is 0.307 e. The number of nitrogens with one attached hydrogen (secondary N) is 1. The summed E-state index contributed by atoms with van der Waals surface area (Å²) in [5.41, 5.74) is 0.801. The largest absolute Gasteiger partial charge is 0.469 e. The highest BCUT2D eigenvalue weighted by Crippen LogP contribution is 2.22. The zero-order valence-corrected chi connectivity index (χ0v) is 12.9. The van der Waals surface area contributed by atoms with Gasteiger partial charge in [0.25, 0.3) is 5.91 Å². The van der Waals surface area contributed by atoms with Crippen LogP contribution in [0.15, 0.2) is 51.6 Å². The molecule has 1 amide bonds. The molecule has 0 saturated heterocycles. The third-order valence-electron chi connectivity index (χ3n) is 2.90. The van der Waals surface area contributed by atoms with E-state index in [1.807, 2.05) is 24.3 Å². The molecule has 0 aliphatic carbocycles. The van der Waals surface area contributed by atoms with Crippen LogP contribution in [0.1, 0.15) is 28.6 Å². The summed E-state index contributed by atoms with van der Waals surface area (Å²) in [7, 11) is 1.31. The number of hydrogen-bond acceptors (Lipinski definition) is 4. The Labute approximate surface area is 130 Å². The molecule has 1 aromatic carbocycles. The van der Waals surface area contributed by atoms with Crippen molar-refractivity contribution in [2.24, 2.45) is 0 Å². The van der Waals surface area contributed by atoms with Crippen molar-refractivity contribution in [1.29, 1.82) is 0 Å². The van der Waals surface area contributed by atoms with E-state index in [1.54, 1.807) is 12.1 Å². The summed E-state index contributed by atoms with van der Waals surface area (Å²) in [6.07, 6.45) is 1.46. The summed E-state index contributed by atoms with van der Waals surface area (Å²) in [4.78, 5) is 23.6. The molecule has 1 unspecified atom stereocenters. The average molecular weight is 352 g/mol. The van der Waals surface area contributed by atoms with Gasteiger partial charge >= 0.3 is 5.97 Å². The van der Waals surface area contributed by atoms with Crippen molar-refractivity contribution in [3.63, 3.8) is 0 Å². The Hall–Kier alpha value is -2.08. The van der Waals surface area contributed by atoms with Gasteiger partial charge in [0, 0.05) is 4.47 Å². The first-order chi connectivity index (χ1) is 10.1. The van der Waals surface area contributed by atoms with E-state index >= 15 is 0 Å². The second kappa shape index (κ2) is 7.08. The van der Waals surface area contributed by atoms with E-state index in [4.69, 9.17) is 4.42 Å². The zero-order chi connectivity index (χ0) is 15.2. The molecule has 1 atom stereocenters. The van der Waals surface area contributed by atoms with Crippen LogP contribution >= 0.6 is 15.9 Å². The number of carbonyl (C=O) groups is 2. The summed E-state index contributed by atoms with van der Waals surface area (Å²) < 4.78 is 10.6. The van der Waals surface area contributed by atoms with Gasteiger partial charge in [-0.3, -0.25) is 9.59 Å². The number of ether oxygens (including phenoxy) is 1. The fourth-order valence-corrected chi connectivity index (χ4v) is 2.28. The summed E-state index contributed by atoms with van der Waals surface area (Å²) in [5.74, 6) is -0.589. The van der Waals surface area contributed by atoms with E-state index in [1.165, 1.54) is 13.4 Å². The first-order valence-electron chi connectivity index (χ1n) is 6.27. The number of carbonyl (C=O) groups excluding carboxylic acids is 2. The van der Waals surface area contributed by atoms with Crippen LogP contribution in [0.4, 0.5) is 0 Å². The van der Waals surface area contributed by atoms with Crippen molar-refractivity contribution in [2.75, 3.05) is 7.11 Å². The Bertz CT molecular complexity index is 624. The normalized spacial score (nSPS) is 11.7. The predicted molar refractivity (Wildman–Crippen MR) is 79.7 cm³/mol. The molecule has 0 radical (unpaired) electrons. The van der Waals surface area contributed by atoms with Crippen LogP contribution in [0.2, 0.25) is 0 Å². The third kappa shape index (κ3) is 4.19. The Balaban J connectivity index is 2.19. The molecule has 0 bridgehead atoms. The zero-order valence-electron chi connectivity index (χ0n) is 11.3. The Morgan fingerprint density at radius 2 is 2.14 bits per heavy atom. The first-order valence-corrected chi connectivity index (χ1v) is 7.06. The van der Waals surface area contributed by atoms with Gasteiger partial charge in [-0.2, -0.15) is 0 Å². The monoisotopic (exact) mass is 351 g/mol. The van der Waals surface area contributed by atoms with E-state index in [2.05, 4.69) is 26.0 Å².